The molecule has 0 atom stereocenters. The highest BCUT2D eigenvalue weighted by Gasteiger charge is 2.23. The van der Waals surface area contributed by atoms with Crippen LogP contribution in [0.25, 0.3) is 11.0 Å². The molecule has 2 aromatic carbocycles. The fraction of sp³-hybridized carbons (Fsp3) is 0.125. The number of rotatable bonds is 3. The average Bonchev–Trinajstić information content (AvgIpc) is 2.57. The summed E-state index contributed by atoms with van der Waals surface area (Å²) < 4.78 is 6.59. The largest absolute Gasteiger partial charge is 0.710 e. The van der Waals surface area contributed by atoms with Crippen LogP contribution in [0.4, 0.5) is 11.5 Å². The second kappa shape index (κ2) is 5.40. The Balaban J connectivity index is 2.10. The van der Waals surface area contributed by atoms with Crippen molar-refractivity contribution >= 4 is 22.5 Å². The van der Waals surface area contributed by atoms with Crippen LogP contribution in [0.3, 0.4) is 0 Å². The summed E-state index contributed by atoms with van der Waals surface area (Å²) in [6, 6.07) is 13.8. The minimum absolute atomic E-state index is 0.207. The van der Waals surface area contributed by atoms with Crippen molar-refractivity contribution in [1.29, 1.82) is 0 Å². The van der Waals surface area contributed by atoms with Crippen molar-refractivity contribution in [1.82, 2.24) is 0 Å². The number of nitrogens with zero attached hydrogens (tertiary/aromatic N) is 2. The van der Waals surface area contributed by atoms with Crippen molar-refractivity contribution in [3.63, 3.8) is 0 Å². The zero-order valence-corrected chi connectivity index (χ0v) is 12.2. The molecule has 1 N–H and O–H groups in total. The van der Waals surface area contributed by atoms with Gasteiger partial charge in [0.2, 0.25) is 5.52 Å². The Morgan fingerprint density at radius 3 is 2.09 bits per heavy atom. The van der Waals surface area contributed by atoms with Crippen molar-refractivity contribution in [2.75, 3.05) is 12.4 Å². The second-order valence-corrected chi connectivity index (χ2v) is 4.86. The van der Waals surface area contributed by atoms with E-state index in [4.69, 9.17) is 4.74 Å². The minimum atomic E-state index is 0.207. The van der Waals surface area contributed by atoms with Gasteiger partial charge in [0.25, 0.3) is 11.2 Å². The number of benzene rings is 2. The number of hydrogen-bond donors (Lipinski definition) is 1. The first-order chi connectivity index (χ1) is 10.6. The van der Waals surface area contributed by atoms with Gasteiger partial charge in [-0.2, -0.15) is 4.73 Å². The molecule has 1 aromatic heterocycles. The van der Waals surface area contributed by atoms with Crippen LogP contribution in [0.2, 0.25) is 0 Å². The molecule has 0 aliphatic heterocycles. The molecule has 22 heavy (non-hydrogen) atoms. The van der Waals surface area contributed by atoms with E-state index in [1.54, 1.807) is 62.6 Å². The molecule has 0 aliphatic rings. The van der Waals surface area contributed by atoms with E-state index in [9.17, 15) is 10.4 Å². The molecular formula is C16H15N3O3. The third kappa shape index (κ3) is 2.24. The Bertz CT molecular complexity index is 832. The van der Waals surface area contributed by atoms with Gasteiger partial charge >= 0.3 is 5.82 Å². The predicted octanol–water partition coefficient (Wildman–Crippen LogP) is 2.17. The summed E-state index contributed by atoms with van der Waals surface area (Å²) in [5.41, 5.74) is 1.67. The Hall–Kier alpha value is -3.02. The Morgan fingerprint density at radius 1 is 0.909 bits per heavy atom. The minimum Gasteiger partial charge on any atom is -0.710 e. The van der Waals surface area contributed by atoms with Crippen molar-refractivity contribution in [3.8, 4) is 5.75 Å². The summed E-state index contributed by atoms with van der Waals surface area (Å²) in [4.78, 5) is 0. The first-order valence-electron chi connectivity index (χ1n) is 6.77. The molecule has 112 valence electrons. The van der Waals surface area contributed by atoms with Crippen LogP contribution in [0.1, 0.15) is 5.69 Å². The smallest absolute Gasteiger partial charge is 0.352 e. The van der Waals surface area contributed by atoms with Gasteiger partial charge in [-0.25, -0.2) is 10.0 Å². The van der Waals surface area contributed by atoms with Crippen LogP contribution in [-0.2, 0) is 0 Å². The van der Waals surface area contributed by atoms with E-state index < -0.39 is 0 Å². The molecule has 0 aliphatic carbocycles. The van der Waals surface area contributed by atoms with E-state index >= 15 is 0 Å². The number of fused-ring (bicyclic) bond motifs is 1. The molecular weight excluding hydrogens is 282 g/mol. The number of ether oxygens (including phenoxy) is 1. The fourth-order valence-corrected chi connectivity index (χ4v) is 2.30. The molecule has 3 aromatic rings. The highest BCUT2D eigenvalue weighted by atomic mass is 16.5. The highest BCUT2D eigenvalue weighted by molar-refractivity contribution is 5.69. The lowest BCUT2D eigenvalue weighted by molar-refractivity contribution is -0.623. The van der Waals surface area contributed by atoms with Gasteiger partial charge in [-0.15, -0.1) is 0 Å². The van der Waals surface area contributed by atoms with E-state index in [1.165, 1.54) is 0 Å². The summed E-state index contributed by atoms with van der Waals surface area (Å²) >= 11 is 0. The maximum Gasteiger partial charge on any atom is 0.352 e. The maximum atomic E-state index is 12.5. The molecule has 1 heterocycles. The van der Waals surface area contributed by atoms with Gasteiger partial charge in [-0.05, 0) is 30.3 Å². The summed E-state index contributed by atoms with van der Waals surface area (Å²) in [5, 5.41) is 27.8. The quantitative estimate of drug-likeness (QED) is 0.594. The SMILES string of the molecule is COc1ccc(Nc2c(C)[n+]([O-])c3ccccc3[n+]2[O-])cc1. The predicted molar refractivity (Wildman–Crippen MR) is 82.9 cm³/mol. The van der Waals surface area contributed by atoms with Crippen LogP contribution in [0.15, 0.2) is 48.5 Å². The third-order valence-corrected chi connectivity index (χ3v) is 3.52. The standard InChI is InChI=1S/C16H15N3O3/c1-11-16(17-12-7-9-13(22-2)10-8-12)19(21)15-6-4-3-5-14(15)18(11)20/h3-10,17H,1-2H3. The van der Waals surface area contributed by atoms with Crippen molar-refractivity contribution < 1.29 is 14.2 Å². The van der Waals surface area contributed by atoms with Gasteiger partial charge in [0.05, 0.1) is 7.11 Å². The molecule has 0 spiro atoms. The van der Waals surface area contributed by atoms with Gasteiger partial charge in [-0.1, -0.05) is 12.1 Å². The lowest BCUT2D eigenvalue weighted by atomic mass is 10.2. The van der Waals surface area contributed by atoms with Gasteiger partial charge in [0.15, 0.2) is 0 Å². The number of para-hydroxylation sites is 2. The first-order valence-corrected chi connectivity index (χ1v) is 6.77. The Kier molecular flexibility index (Phi) is 3.42. The summed E-state index contributed by atoms with van der Waals surface area (Å²) in [5.74, 6) is 0.925. The van der Waals surface area contributed by atoms with E-state index in [0.29, 0.717) is 22.4 Å². The second-order valence-electron chi connectivity index (χ2n) is 4.86. The Labute approximate surface area is 127 Å². The summed E-state index contributed by atoms with van der Waals surface area (Å²) in [6.07, 6.45) is 0. The molecule has 0 fully saturated rings. The number of anilines is 2. The van der Waals surface area contributed by atoms with Gasteiger partial charge in [0.1, 0.15) is 11.4 Å². The lowest BCUT2D eigenvalue weighted by Gasteiger charge is -2.14. The zero-order valence-electron chi connectivity index (χ0n) is 12.2. The van der Waals surface area contributed by atoms with Crippen LogP contribution < -0.4 is 19.5 Å². The first kappa shape index (κ1) is 13.9. The molecule has 0 saturated carbocycles. The molecule has 0 saturated heterocycles. The van der Waals surface area contributed by atoms with Crippen molar-refractivity contribution in [3.05, 3.63) is 64.6 Å². The normalized spacial score (nSPS) is 10.6. The van der Waals surface area contributed by atoms with Gasteiger partial charge in [0, 0.05) is 13.0 Å². The topological polar surface area (TPSA) is 75.1 Å². The maximum absolute atomic E-state index is 12.5. The number of methoxy groups -OCH3 is 1. The van der Waals surface area contributed by atoms with E-state index in [-0.39, 0.29) is 5.82 Å². The molecule has 3 rings (SSSR count). The fourth-order valence-electron chi connectivity index (χ4n) is 2.30. The van der Waals surface area contributed by atoms with Gasteiger partial charge < -0.3 is 15.2 Å². The summed E-state index contributed by atoms with van der Waals surface area (Å²) in [7, 11) is 1.59. The van der Waals surface area contributed by atoms with Gasteiger partial charge in [-0.3, -0.25) is 0 Å². The van der Waals surface area contributed by atoms with E-state index in [0.717, 1.165) is 15.2 Å². The van der Waals surface area contributed by atoms with E-state index in [1.807, 2.05) is 0 Å². The molecule has 0 radical (unpaired) electrons. The molecule has 0 amide bonds. The highest BCUT2D eigenvalue weighted by Crippen LogP contribution is 2.20. The molecule has 0 bridgehead atoms. The number of aromatic nitrogens is 2. The zero-order chi connectivity index (χ0) is 15.7. The van der Waals surface area contributed by atoms with Crippen LogP contribution in [0.5, 0.6) is 5.75 Å². The lowest BCUT2D eigenvalue weighted by Crippen LogP contribution is -2.43. The van der Waals surface area contributed by atoms with E-state index in [2.05, 4.69) is 5.32 Å². The molecule has 0 unspecified atom stereocenters. The monoisotopic (exact) mass is 297 g/mol. The number of hydrogen-bond acceptors (Lipinski definition) is 4. The third-order valence-electron chi connectivity index (χ3n) is 3.52. The Morgan fingerprint density at radius 2 is 1.50 bits per heavy atom. The van der Waals surface area contributed by atoms with Crippen LogP contribution in [-0.4, -0.2) is 7.11 Å². The van der Waals surface area contributed by atoms with Crippen molar-refractivity contribution in [2.45, 2.75) is 6.92 Å². The molecule has 6 heteroatoms. The number of nitrogens with one attached hydrogen (secondary N) is 1. The average molecular weight is 297 g/mol. The molecule has 6 nitrogen and oxygen atoms in total. The van der Waals surface area contributed by atoms with Crippen LogP contribution in [0, 0.1) is 17.3 Å². The summed E-state index contributed by atoms with van der Waals surface area (Å²) in [6.45, 7) is 1.61. The van der Waals surface area contributed by atoms with Crippen LogP contribution >= 0.6 is 0 Å². The van der Waals surface area contributed by atoms with Crippen molar-refractivity contribution in [2.24, 2.45) is 0 Å².